The second-order valence-electron chi connectivity index (χ2n) is 3.98. The minimum Gasteiger partial charge on any atom is -0.398 e. The van der Waals surface area contributed by atoms with Crippen LogP contribution in [0, 0.1) is 17.1 Å². The zero-order chi connectivity index (χ0) is 14.0. The molecule has 0 aliphatic heterocycles. The van der Waals surface area contributed by atoms with Crippen LogP contribution in [0.15, 0.2) is 39.7 Å². The summed E-state index contributed by atoms with van der Waals surface area (Å²) in [6.45, 7) is 0.220. The van der Waals surface area contributed by atoms with E-state index in [9.17, 15) is 9.18 Å². The van der Waals surface area contributed by atoms with Gasteiger partial charge in [-0.05, 0) is 39.7 Å². The summed E-state index contributed by atoms with van der Waals surface area (Å²) in [5, 5.41) is 8.77. The highest BCUT2D eigenvalue weighted by molar-refractivity contribution is 9.10. The molecule has 0 bridgehead atoms. The van der Waals surface area contributed by atoms with E-state index in [-0.39, 0.29) is 17.7 Å². The fourth-order valence-electron chi connectivity index (χ4n) is 1.69. The van der Waals surface area contributed by atoms with Crippen molar-refractivity contribution in [2.45, 2.75) is 6.54 Å². The first-order valence-corrected chi connectivity index (χ1v) is 6.14. The van der Waals surface area contributed by atoms with Gasteiger partial charge in [-0.15, -0.1) is 0 Å². The maximum absolute atomic E-state index is 13.2. The maximum Gasteiger partial charge on any atom is 0.265 e. The lowest BCUT2D eigenvalue weighted by Gasteiger charge is -2.08. The second-order valence-corrected chi connectivity index (χ2v) is 4.83. The number of nitrogen functional groups attached to an aromatic ring is 1. The molecule has 0 amide bonds. The van der Waals surface area contributed by atoms with E-state index in [1.807, 2.05) is 0 Å². The van der Waals surface area contributed by atoms with E-state index < -0.39 is 5.82 Å². The van der Waals surface area contributed by atoms with Gasteiger partial charge in [0.25, 0.3) is 5.56 Å². The number of nitrogens with zero attached hydrogens (tertiary/aromatic N) is 2. The van der Waals surface area contributed by atoms with E-state index in [0.717, 1.165) is 0 Å². The Morgan fingerprint density at radius 2 is 2.16 bits per heavy atom. The molecule has 0 radical (unpaired) electrons. The summed E-state index contributed by atoms with van der Waals surface area (Å²) >= 11 is 3.12. The van der Waals surface area contributed by atoms with Crippen molar-refractivity contribution in [1.29, 1.82) is 5.26 Å². The Balaban J connectivity index is 2.42. The molecule has 0 fully saturated rings. The van der Waals surface area contributed by atoms with Gasteiger partial charge in [0.1, 0.15) is 11.9 Å². The number of hydrogen-bond acceptors (Lipinski definition) is 3. The average Bonchev–Trinajstić information content (AvgIpc) is 2.37. The molecule has 2 N–H and O–H groups in total. The molecule has 1 aromatic carbocycles. The minimum absolute atomic E-state index is 0.0477. The first-order chi connectivity index (χ1) is 9.01. The highest BCUT2D eigenvalue weighted by Gasteiger charge is 2.06. The number of hydrogen-bond donors (Lipinski definition) is 1. The number of halogens is 2. The lowest BCUT2D eigenvalue weighted by molar-refractivity contribution is 0.622. The predicted octanol–water partition coefficient (Wildman–Crippen LogP) is 2.25. The largest absolute Gasteiger partial charge is 0.398 e. The second kappa shape index (κ2) is 5.24. The number of nitriles is 1. The Morgan fingerprint density at radius 3 is 2.84 bits per heavy atom. The fraction of sp³-hybridized carbons (Fsp3) is 0.0769. The van der Waals surface area contributed by atoms with Gasteiger partial charge in [-0.3, -0.25) is 4.79 Å². The Bertz CT molecular complexity index is 734. The molecule has 0 atom stereocenters. The number of nitrogens with two attached hydrogens (primary N) is 1. The van der Waals surface area contributed by atoms with Crippen LogP contribution in [0.4, 0.5) is 10.1 Å². The fourth-order valence-corrected chi connectivity index (χ4v) is 2.18. The van der Waals surface area contributed by atoms with Crippen molar-refractivity contribution < 1.29 is 4.39 Å². The molecule has 0 unspecified atom stereocenters. The normalized spacial score (nSPS) is 10.2. The number of aromatic nitrogens is 1. The number of rotatable bonds is 2. The monoisotopic (exact) mass is 321 g/mol. The van der Waals surface area contributed by atoms with Crippen molar-refractivity contribution in [3.63, 3.8) is 0 Å². The quantitative estimate of drug-likeness (QED) is 0.922. The molecule has 0 spiro atoms. The summed E-state index contributed by atoms with van der Waals surface area (Å²) in [4.78, 5) is 11.9. The van der Waals surface area contributed by atoms with E-state index in [4.69, 9.17) is 11.0 Å². The van der Waals surface area contributed by atoms with Crippen LogP contribution in [0.2, 0.25) is 0 Å². The molecule has 4 nitrogen and oxygen atoms in total. The van der Waals surface area contributed by atoms with E-state index in [1.54, 1.807) is 6.07 Å². The first kappa shape index (κ1) is 13.3. The van der Waals surface area contributed by atoms with Crippen LogP contribution in [0.3, 0.4) is 0 Å². The molecule has 0 saturated heterocycles. The summed E-state index contributed by atoms with van der Waals surface area (Å²) in [5.74, 6) is -0.577. The zero-order valence-electron chi connectivity index (χ0n) is 9.73. The highest BCUT2D eigenvalue weighted by atomic mass is 79.9. The molecule has 2 aromatic rings. The van der Waals surface area contributed by atoms with E-state index >= 15 is 0 Å². The standard InChI is InChI=1S/C13H9BrFN3O/c14-11-4-10(17)7-18(13(11)19)6-8-1-2-12(15)9(3-8)5-16/h1-4,7H,6,17H2. The number of anilines is 1. The van der Waals surface area contributed by atoms with Crippen LogP contribution >= 0.6 is 15.9 Å². The van der Waals surface area contributed by atoms with Crippen molar-refractivity contribution in [1.82, 2.24) is 4.57 Å². The summed E-state index contributed by atoms with van der Waals surface area (Å²) < 4.78 is 15.0. The van der Waals surface area contributed by atoms with Gasteiger partial charge in [-0.25, -0.2) is 4.39 Å². The van der Waals surface area contributed by atoms with Gasteiger partial charge in [0.05, 0.1) is 16.6 Å². The SMILES string of the molecule is N#Cc1cc(Cn2cc(N)cc(Br)c2=O)ccc1F. The van der Waals surface area contributed by atoms with Crippen molar-refractivity contribution >= 4 is 21.6 Å². The predicted molar refractivity (Wildman–Crippen MR) is 73.0 cm³/mol. The minimum atomic E-state index is -0.577. The van der Waals surface area contributed by atoms with Crippen molar-refractivity contribution in [2.24, 2.45) is 0 Å². The molecule has 6 heteroatoms. The topological polar surface area (TPSA) is 71.8 Å². The maximum atomic E-state index is 13.2. The molecule has 2 rings (SSSR count). The van der Waals surface area contributed by atoms with Gasteiger partial charge < -0.3 is 10.3 Å². The van der Waals surface area contributed by atoms with Crippen molar-refractivity contribution in [3.8, 4) is 6.07 Å². The molecular weight excluding hydrogens is 313 g/mol. The molecule has 0 aliphatic carbocycles. The van der Waals surface area contributed by atoms with Crippen LogP contribution < -0.4 is 11.3 Å². The Hall–Kier alpha value is -2.13. The molecule has 19 heavy (non-hydrogen) atoms. The molecule has 0 saturated carbocycles. The lowest BCUT2D eigenvalue weighted by atomic mass is 10.1. The lowest BCUT2D eigenvalue weighted by Crippen LogP contribution is -2.21. The third kappa shape index (κ3) is 2.83. The third-order valence-electron chi connectivity index (χ3n) is 2.57. The third-order valence-corrected chi connectivity index (χ3v) is 3.14. The van der Waals surface area contributed by atoms with Crippen LogP contribution in [-0.2, 0) is 6.54 Å². The van der Waals surface area contributed by atoms with Gasteiger partial charge >= 0.3 is 0 Å². The summed E-state index contributed by atoms with van der Waals surface area (Å²) in [6.07, 6.45) is 1.50. The van der Waals surface area contributed by atoms with Gasteiger partial charge in [0.15, 0.2) is 0 Å². The summed E-state index contributed by atoms with van der Waals surface area (Å²) in [7, 11) is 0. The average molecular weight is 322 g/mol. The Morgan fingerprint density at radius 1 is 1.42 bits per heavy atom. The van der Waals surface area contributed by atoms with Gasteiger partial charge in [-0.2, -0.15) is 5.26 Å². The Labute approximate surface area is 117 Å². The van der Waals surface area contributed by atoms with E-state index in [0.29, 0.717) is 15.7 Å². The van der Waals surface area contributed by atoms with E-state index in [1.165, 1.54) is 35.0 Å². The van der Waals surface area contributed by atoms with Crippen molar-refractivity contribution in [3.05, 3.63) is 62.2 Å². The van der Waals surface area contributed by atoms with Crippen molar-refractivity contribution in [2.75, 3.05) is 5.73 Å². The van der Waals surface area contributed by atoms with Crippen LogP contribution in [0.25, 0.3) is 0 Å². The smallest absolute Gasteiger partial charge is 0.265 e. The molecule has 1 aromatic heterocycles. The Kier molecular flexibility index (Phi) is 3.67. The molecule has 0 aliphatic rings. The molecule has 96 valence electrons. The van der Waals surface area contributed by atoms with Crippen LogP contribution in [0.1, 0.15) is 11.1 Å². The molecular formula is C13H9BrFN3O. The van der Waals surface area contributed by atoms with Crippen LogP contribution in [0.5, 0.6) is 0 Å². The zero-order valence-corrected chi connectivity index (χ0v) is 11.3. The first-order valence-electron chi connectivity index (χ1n) is 5.35. The van der Waals surface area contributed by atoms with Crippen LogP contribution in [-0.4, -0.2) is 4.57 Å². The van der Waals surface area contributed by atoms with E-state index in [2.05, 4.69) is 15.9 Å². The van der Waals surface area contributed by atoms with Gasteiger partial charge in [-0.1, -0.05) is 6.07 Å². The van der Waals surface area contributed by atoms with Gasteiger partial charge in [0.2, 0.25) is 0 Å². The highest BCUT2D eigenvalue weighted by Crippen LogP contribution is 2.13. The number of pyridine rings is 1. The summed E-state index contributed by atoms with van der Waals surface area (Å²) in [5.41, 5.74) is 6.46. The van der Waals surface area contributed by atoms with Gasteiger partial charge in [0, 0.05) is 11.9 Å². The number of benzene rings is 1. The molecule has 1 heterocycles. The summed E-state index contributed by atoms with van der Waals surface area (Å²) in [6, 6.07) is 7.43.